The predicted octanol–water partition coefficient (Wildman–Crippen LogP) is 4.15. The van der Waals surface area contributed by atoms with Crippen LogP contribution in [-0.2, 0) is 0 Å². The highest BCUT2D eigenvalue weighted by atomic mass is 16.5. The van der Waals surface area contributed by atoms with E-state index in [1.165, 1.54) is 17.2 Å². The van der Waals surface area contributed by atoms with Gasteiger partial charge < -0.3 is 9.84 Å². The smallest absolute Gasteiger partial charge is 0.335 e. The average molecular weight is 297 g/mol. The summed E-state index contributed by atoms with van der Waals surface area (Å²) < 4.78 is 5.52. The number of carbonyl (C=O) groups is 1. The Bertz CT molecular complexity index is 720. The highest BCUT2D eigenvalue weighted by Gasteiger charge is 2.08. The lowest BCUT2D eigenvalue weighted by atomic mass is 10.1. The summed E-state index contributed by atoms with van der Waals surface area (Å²) in [5, 5.41) is 9.10. The number of hydrogen-bond donors (Lipinski definition) is 1. The number of benzene rings is 2. The lowest BCUT2D eigenvalue weighted by molar-refractivity contribution is 0.0697. The van der Waals surface area contributed by atoms with E-state index >= 15 is 0 Å². The molecule has 0 aliphatic heterocycles. The molecule has 0 atom stereocenters. The summed E-state index contributed by atoms with van der Waals surface area (Å²) in [6, 6.07) is 10.7. The molecule has 0 unspecified atom stereocenters. The van der Waals surface area contributed by atoms with Gasteiger partial charge in [0.25, 0.3) is 0 Å². The van der Waals surface area contributed by atoms with E-state index in [0.29, 0.717) is 17.9 Å². The normalized spacial score (nSPS) is 10.9. The van der Waals surface area contributed by atoms with Gasteiger partial charge in [0.15, 0.2) is 0 Å². The summed E-state index contributed by atoms with van der Waals surface area (Å²) in [7, 11) is 0. The molecule has 0 saturated carbocycles. The van der Waals surface area contributed by atoms with E-state index in [-0.39, 0.29) is 5.56 Å². The van der Waals surface area contributed by atoms with Gasteiger partial charge in [-0.1, -0.05) is 6.07 Å². The van der Waals surface area contributed by atoms with Gasteiger partial charge in [-0.25, -0.2) is 4.79 Å². The zero-order chi connectivity index (χ0) is 16.1. The highest BCUT2D eigenvalue weighted by Crippen LogP contribution is 2.21. The minimum Gasteiger partial charge on any atom is -0.493 e. The van der Waals surface area contributed by atoms with Crippen LogP contribution < -0.4 is 4.74 Å². The van der Waals surface area contributed by atoms with Gasteiger partial charge in [0.1, 0.15) is 5.75 Å². The molecular formula is C18H19NO3. The molecule has 4 heteroatoms. The molecule has 0 radical (unpaired) electrons. The molecular weight excluding hydrogens is 278 g/mol. The molecule has 0 aliphatic rings. The topological polar surface area (TPSA) is 58.9 Å². The minimum absolute atomic E-state index is 0.213. The van der Waals surface area contributed by atoms with Crippen molar-refractivity contribution in [3.05, 3.63) is 58.7 Å². The Labute approximate surface area is 130 Å². The van der Waals surface area contributed by atoms with Gasteiger partial charge in [0, 0.05) is 11.8 Å². The fourth-order valence-electron chi connectivity index (χ4n) is 2.02. The molecule has 0 fully saturated rings. The molecule has 2 aromatic carbocycles. The molecule has 0 aliphatic carbocycles. The average Bonchev–Trinajstić information content (AvgIpc) is 2.49. The first-order valence-electron chi connectivity index (χ1n) is 7.12. The molecule has 0 spiro atoms. The zero-order valence-corrected chi connectivity index (χ0v) is 13.0. The van der Waals surface area contributed by atoms with E-state index in [1.54, 1.807) is 18.3 Å². The van der Waals surface area contributed by atoms with Crippen molar-refractivity contribution in [2.45, 2.75) is 20.8 Å². The van der Waals surface area contributed by atoms with Gasteiger partial charge in [-0.3, -0.25) is 4.99 Å². The molecule has 2 aromatic rings. The SMILES string of the molecule is CCOc1ccc(C(=O)O)cc1C=Nc1ccc(C)c(C)c1. The molecule has 0 bridgehead atoms. The van der Waals surface area contributed by atoms with Crippen molar-refractivity contribution in [2.75, 3.05) is 6.61 Å². The minimum atomic E-state index is -0.969. The van der Waals surface area contributed by atoms with Crippen molar-refractivity contribution in [1.82, 2.24) is 0 Å². The van der Waals surface area contributed by atoms with E-state index in [4.69, 9.17) is 9.84 Å². The number of rotatable bonds is 5. The summed E-state index contributed by atoms with van der Waals surface area (Å²) in [4.78, 5) is 15.5. The number of hydrogen-bond acceptors (Lipinski definition) is 3. The van der Waals surface area contributed by atoms with Crippen LogP contribution in [0.3, 0.4) is 0 Å². The first-order valence-corrected chi connectivity index (χ1v) is 7.12. The third-order valence-corrected chi connectivity index (χ3v) is 3.40. The molecule has 2 rings (SSSR count). The van der Waals surface area contributed by atoms with Crippen LogP contribution in [0.25, 0.3) is 0 Å². The number of carboxylic acids is 1. The Balaban J connectivity index is 2.36. The van der Waals surface area contributed by atoms with Gasteiger partial charge in [0.2, 0.25) is 0 Å². The molecule has 0 saturated heterocycles. The highest BCUT2D eigenvalue weighted by molar-refractivity contribution is 5.93. The summed E-state index contributed by atoms with van der Waals surface area (Å²) in [6.07, 6.45) is 1.64. The number of aliphatic imine (C=N–C) groups is 1. The molecule has 0 heterocycles. The van der Waals surface area contributed by atoms with Gasteiger partial charge >= 0.3 is 5.97 Å². The van der Waals surface area contributed by atoms with Crippen molar-refractivity contribution in [3.8, 4) is 5.75 Å². The number of ether oxygens (including phenoxy) is 1. The molecule has 0 amide bonds. The van der Waals surface area contributed by atoms with Crippen molar-refractivity contribution >= 4 is 17.9 Å². The van der Waals surface area contributed by atoms with Crippen LogP contribution in [0.1, 0.15) is 34.0 Å². The molecule has 1 N–H and O–H groups in total. The van der Waals surface area contributed by atoms with Gasteiger partial charge in [-0.05, 0) is 62.2 Å². The Morgan fingerprint density at radius 3 is 2.59 bits per heavy atom. The Morgan fingerprint density at radius 2 is 1.95 bits per heavy atom. The monoisotopic (exact) mass is 297 g/mol. The van der Waals surface area contributed by atoms with Crippen LogP contribution >= 0.6 is 0 Å². The van der Waals surface area contributed by atoms with E-state index in [9.17, 15) is 4.79 Å². The second-order valence-electron chi connectivity index (χ2n) is 5.02. The van der Waals surface area contributed by atoms with E-state index in [2.05, 4.69) is 4.99 Å². The van der Waals surface area contributed by atoms with Crippen LogP contribution in [0.2, 0.25) is 0 Å². The van der Waals surface area contributed by atoms with Crippen LogP contribution in [0.4, 0.5) is 5.69 Å². The second-order valence-corrected chi connectivity index (χ2v) is 5.02. The predicted molar refractivity (Wildman–Crippen MR) is 87.7 cm³/mol. The van der Waals surface area contributed by atoms with E-state index < -0.39 is 5.97 Å². The van der Waals surface area contributed by atoms with E-state index in [1.807, 2.05) is 39.0 Å². The number of nitrogens with zero attached hydrogens (tertiary/aromatic N) is 1. The molecule has 4 nitrogen and oxygen atoms in total. The number of carboxylic acid groups (broad SMARTS) is 1. The van der Waals surface area contributed by atoms with Crippen LogP contribution in [0.5, 0.6) is 5.75 Å². The first-order chi connectivity index (χ1) is 10.5. The quantitative estimate of drug-likeness (QED) is 0.843. The van der Waals surface area contributed by atoms with Gasteiger partial charge in [0.05, 0.1) is 17.9 Å². The summed E-state index contributed by atoms with van der Waals surface area (Å²) in [6.45, 7) is 6.48. The van der Waals surface area contributed by atoms with Crippen LogP contribution in [-0.4, -0.2) is 23.9 Å². The fraction of sp³-hybridized carbons (Fsp3) is 0.222. The number of aromatic carboxylic acids is 1. The van der Waals surface area contributed by atoms with E-state index in [0.717, 1.165) is 5.69 Å². The molecule has 0 aromatic heterocycles. The fourth-order valence-corrected chi connectivity index (χ4v) is 2.02. The lowest BCUT2D eigenvalue weighted by Crippen LogP contribution is -2.01. The Morgan fingerprint density at radius 1 is 1.18 bits per heavy atom. The van der Waals surface area contributed by atoms with Crippen molar-refractivity contribution in [1.29, 1.82) is 0 Å². The maximum absolute atomic E-state index is 11.1. The maximum Gasteiger partial charge on any atom is 0.335 e. The second kappa shape index (κ2) is 6.89. The summed E-state index contributed by atoms with van der Waals surface area (Å²) >= 11 is 0. The van der Waals surface area contributed by atoms with Crippen molar-refractivity contribution in [3.63, 3.8) is 0 Å². The summed E-state index contributed by atoms with van der Waals surface area (Å²) in [5.41, 5.74) is 4.07. The standard InChI is InChI=1S/C18H19NO3/c1-4-22-17-8-6-14(18(20)21)10-15(17)11-19-16-7-5-12(2)13(3)9-16/h5-11H,4H2,1-3H3,(H,20,21). The first kappa shape index (κ1) is 15.8. The molecule has 114 valence electrons. The van der Waals surface area contributed by atoms with Gasteiger partial charge in [-0.15, -0.1) is 0 Å². The third kappa shape index (κ3) is 3.73. The maximum atomic E-state index is 11.1. The van der Waals surface area contributed by atoms with Crippen LogP contribution in [0.15, 0.2) is 41.4 Å². The summed E-state index contributed by atoms with van der Waals surface area (Å²) in [5.74, 6) is -0.344. The Kier molecular flexibility index (Phi) is 4.94. The lowest BCUT2D eigenvalue weighted by Gasteiger charge is -2.08. The largest absolute Gasteiger partial charge is 0.493 e. The number of aryl methyl sites for hydroxylation is 2. The van der Waals surface area contributed by atoms with Crippen LogP contribution in [0, 0.1) is 13.8 Å². The van der Waals surface area contributed by atoms with Crippen molar-refractivity contribution in [2.24, 2.45) is 4.99 Å². The third-order valence-electron chi connectivity index (χ3n) is 3.40. The Hall–Kier alpha value is -2.62. The van der Waals surface area contributed by atoms with Gasteiger partial charge in [-0.2, -0.15) is 0 Å². The zero-order valence-electron chi connectivity index (χ0n) is 13.0. The molecule has 22 heavy (non-hydrogen) atoms. The van der Waals surface area contributed by atoms with Crippen molar-refractivity contribution < 1.29 is 14.6 Å².